The average molecular weight is 211 g/mol. The molecule has 4 heteroatoms. The largest absolute Gasteiger partial charge is 0.338 e. The summed E-state index contributed by atoms with van der Waals surface area (Å²) < 4.78 is 0. The molecule has 1 aliphatic carbocycles. The van der Waals surface area contributed by atoms with Gasteiger partial charge in [-0.15, -0.1) is 0 Å². The minimum Gasteiger partial charge on any atom is -0.338 e. The van der Waals surface area contributed by atoms with Gasteiger partial charge in [0.2, 0.25) is 0 Å². The normalized spacial score (nSPS) is 33.4. The Kier molecular flexibility index (Phi) is 3.46. The number of carbonyl (C=O) groups excluding carboxylic acids is 1. The van der Waals surface area contributed by atoms with Crippen molar-refractivity contribution in [1.29, 1.82) is 0 Å². The van der Waals surface area contributed by atoms with Crippen LogP contribution in [0.25, 0.3) is 0 Å². The number of nitrogens with two attached hydrogens (primary N) is 1. The van der Waals surface area contributed by atoms with Gasteiger partial charge in [-0.3, -0.25) is 0 Å². The lowest BCUT2D eigenvalue weighted by Gasteiger charge is -2.37. The van der Waals surface area contributed by atoms with Gasteiger partial charge in [0, 0.05) is 25.2 Å². The third-order valence-corrected chi connectivity index (χ3v) is 3.54. The van der Waals surface area contributed by atoms with Crippen LogP contribution in [-0.4, -0.2) is 36.1 Å². The van der Waals surface area contributed by atoms with Crippen molar-refractivity contribution in [2.75, 3.05) is 13.1 Å². The first-order valence-electron chi connectivity index (χ1n) is 6.09. The molecule has 3 N–H and O–H groups in total. The Morgan fingerprint density at radius 1 is 1.20 bits per heavy atom. The minimum atomic E-state index is 0.0867. The Hall–Kier alpha value is -0.770. The number of nitrogens with one attached hydrogen (secondary N) is 1. The highest BCUT2D eigenvalue weighted by Crippen LogP contribution is 2.22. The van der Waals surface area contributed by atoms with Crippen LogP contribution in [0.5, 0.6) is 0 Å². The molecule has 0 aromatic heterocycles. The maximum absolute atomic E-state index is 11.7. The minimum absolute atomic E-state index is 0.0867. The summed E-state index contributed by atoms with van der Waals surface area (Å²) in [6.45, 7) is 1.70. The van der Waals surface area contributed by atoms with Gasteiger partial charge in [0.15, 0.2) is 0 Å². The van der Waals surface area contributed by atoms with E-state index in [4.69, 9.17) is 5.73 Å². The molecule has 2 aliphatic rings. The van der Waals surface area contributed by atoms with Gasteiger partial charge in [-0.25, -0.2) is 4.79 Å². The van der Waals surface area contributed by atoms with Gasteiger partial charge in [-0.05, 0) is 19.3 Å². The summed E-state index contributed by atoms with van der Waals surface area (Å²) in [5.41, 5.74) is 6.15. The number of urea groups is 1. The molecule has 0 aromatic rings. The lowest BCUT2D eigenvalue weighted by Crippen LogP contribution is -2.56. The predicted octanol–water partition coefficient (Wildman–Crippen LogP) is 1.06. The van der Waals surface area contributed by atoms with E-state index in [0.29, 0.717) is 0 Å². The number of carbonyl (C=O) groups is 1. The van der Waals surface area contributed by atoms with Crippen LogP contribution in [0.2, 0.25) is 0 Å². The van der Waals surface area contributed by atoms with Gasteiger partial charge in [0.05, 0.1) is 0 Å². The zero-order valence-electron chi connectivity index (χ0n) is 9.24. The van der Waals surface area contributed by atoms with E-state index in [1.54, 1.807) is 0 Å². The first-order valence-corrected chi connectivity index (χ1v) is 6.09. The Labute approximate surface area is 91.2 Å². The summed E-state index contributed by atoms with van der Waals surface area (Å²) in [6.07, 6.45) is 6.88. The highest BCUT2D eigenvalue weighted by molar-refractivity contribution is 5.75. The molecule has 1 saturated carbocycles. The SMILES string of the molecule is NC1CCCCCC1N1CCCNC1=O. The molecular formula is C11H21N3O. The molecule has 0 bridgehead atoms. The van der Waals surface area contributed by atoms with Gasteiger partial charge < -0.3 is 16.0 Å². The second kappa shape index (κ2) is 4.84. The molecule has 2 unspecified atom stereocenters. The molecular weight excluding hydrogens is 190 g/mol. The summed E-state index contributed by atoms with van der Waals surface area (Å²) >= 11 is 0. The highest BCUT2D eigenvalue weighted by Gasteiger charge is 2.30. The van der Waals surface area contributed by atoms with Crippen molar-refractivity contribution >= 4 is 6.03 Å². The second-order valence-corrected chi connectivity index (χ2v) is 4.65. The smallest absolute Gasteiger partial charge is 0.317 e. The molecule has 2 amide bonds. The Morgan fingerprint density at radius 3 is 2.80 bits per heavy atom. The fourth-order valence-corrected chi connectivity index (χ4v) is 2.67. The summed E-state index contributed by atoms with van der Waals surface area (Å²) in [6, 6.07) is 0.535. The highest BCUT2D eigenvalue weighted by atomic mass is 16.2. The molecule has 0 radical (unpaired) electrons. The summed E-state index contributed by atoms with van der Waals surface area (Å²) in [5, 5.41) is 2.90. The van der Waals surface area contributed by atoms with E-state index >= 15 is 0 Å². The fraction of sp³-hybridized carbons (Fsp3) is 0.909. The molecule has 1 aliphatic heterocycles. The third-order valence-electron chi connectivity index (χ3n) is 3.54. The van der Waals surface area contributed by atoms with Crippen molar-refractivity contribution in [2.24, 2.45) is 5.73 Å². The van der Waals surface area contributed by atoms with Gasteiger partial charge in [0.25, 0.3) is 0 Å². The van der Waals surface area contributed by atoms with Crippen molar-refractivity contribution < 1.29 is 4.79 Å². The lowest BCUT2D eigenvalue weighted by atomic mass is 10.0. The molecule has 2 fully saturated rings. The van der Waals surface area contributed by atoms with E-state index in [1.165, 1.54) is 19.3 Å². The van der Waals surface area contributed by atoms with Gasteiger partial charge in [-0.2, -0.15) is 0 Å². The maximum Gasteiger partial charge on any atom is 0.317 e. The second-order valence-electron chi connectivity index (χ2n) is 4.65. The van der Waals surface area contributed by atoms with Crippen LogP contribution in [-0.2, 0) is 0 Å². The molecule has 15 heavy (non-hydrogen) atoms. The van der Waals surface area contributed by atoms with Crippen molar-refractivity contribution in [3.05, 3.63) is 0 Å². The zero-order chi connectivity index (χ0) is 10.7. The molecule has 0 spiro atoms. The van der Waals surface area contributed by atoms with Crippen molar-refractivity contribution in [1.82, 2.24) is 10.2 Å². The maximum atomic E-state index is 11.7. The van der Waals surface area contributed by atoms with E-state index in [0.717, 1.165) is 32.4 Å². The van der Waals surface area contributed by atoms with Crippen molar-refractivity contribution in [3.8, 4) is 0 Å². The predicted molar refractivity (Wildman–Crippen MR) is 59.6 cm³/mol. The lowest BCUT2D eigenvalue weighted by molar-refractivity contribution is 0.146. The van der Waals surface area contributed by atoms with Gasteiger partial charge in [-0.1, -0.05) is 19.3 Å². The van der Waals surface area contributed by atoms with E-state index in [2.05, 4.69) is 5.32 Å². The van der Waals surface area contributed by atoms with Crippen LogP contribution >= 0.6 is 0 Å². The third kappa shape index (κ3) is 2.43. The van der Waals surface area contributed by atoms with Crippen LogP contribution in [0.4, 0.5) is 4.79 Å². The summed E-state index contributed by atoms with van der Waals surface area (Å²) in [7, 11) is 0. The molecule has 1 saturated heterocycles. The number of amides is 2. The molecule has 0 aromatic carbocycles. The van der Waals surface area contributed by atoms with Crippen LogP contribution in [0, 0.1) is 0 Å². The molecule has 2 atom stereocenters. The Morgan fingerprint density at radius 2 is 2.00 bits per heavy atom. The van der Waals surface area contributed by atoms with Crippen LogP contribution < -0.4 is 11.1 Å². The molecule has 4 nitrogen and oxygen atoms in total. The molecule has 2 rings (SSSR count). The zero-order valence-corrected chi connectivity index (χ0v) is 9.24. The standard InChI is InChI=1S/C11H21N3O/c12-9-5-2-1-3-6-10(9)14-8-4-7-13-11(14)15/h9-10H,1-8,12H2,(H,13,15). The van der Waals surface area contributed by atoms with Crippen LogP contribution in [0.15, 0.2) is 0 Å². The van der Waals surface area contributed by atoms with E-state index in [-0.39, 0.29) is 18.1 Å². The molecule has 1 heterocycles. The van der Waals surface area contributed by atoms with E-state index in [9.17, 15) is 4.79 Å². The van der Waals surface area contributed by atoms with Crippen LogP contribution in [0.1, 0.15) is 38.5 Å². The quantitative estimate of drug-likeness (QED) is 0.637. The monoisotopic (exact) mass is 211 g/mol. The first kappa shape index (κ1) is 10.7. The fourth-order valence-electron chi connectivity index (χ4n) is 2.67. The summed E-state index contributed by atoms with van der Waals surface area (Å²) in [5.74, 6) is 0. The topological polar surface area (TPSA) is 58.4 Å². The number of rotatable bonds is 1. The van der Waals surface area contributed by atoms with Crippen LogP contribution in [0.3, 0.4) is 0 Å². The number of hydrogen-bond donors (Lipinski definition) is 2. The van der Waals surface area contributed by atoms with E-state index < -0.39 is 0 Å². The molecule has 86 valence electrons. The van der Waals surface area contributed by atoms with Crippen molar-refractivity contribution in [2.45, 2.75) is 50.6 Å². The first-order chi connectivity index (χ1) is 7.29. The van der Waals surface area contributed by atoms with Crippen molar-refractivity contribution in [3.63, 3.8) is 0 Å². The number of hydrogen-bond acceptors (Lipinski definition) is 2. The Bertz CT molecular complexity index is 232. The Balaban J connectivity index is 2.02. The van der Waals surface area contributed by atoms with Gasteiger partial charge >= 0.3 is 6.03 Å². The van der Waals surface area contributed by atoms with Gasteiger partial charge in [0.1, 0.15) is 0 Å². The van der Waals surface area contributed by atoms with E-state index in [1.807, 2.05) is 4.90 Å². The number of nitrogens with zero attached hydrogens (tertiary/aromatic N) is 1. The average Bonchev–Trinajstić information content (AvgIpc) is 2.44. The summed E-state index contributed by atoms with van der Waals surface area (Å²) in [4.78, 5) is 13.7.